The largest absolute Gasteiger partial charge is 0.475 e. The number of carbonyl (C=O) groups excluding carboxylic acids is 1. The van der Waals surface area contributed by atoms with Crippen molar-refractivity contribution in [2.75, 3.05) is 6.61 Å². The number of carbonyl (C=O) groups is 1. The maximum absolute atomic E-state index is 11.9. The van der Waals surface area contributed by atoms with E-state index in [0.29, 0.717) is 17.3 Å². The molecule has 0 amide bonds. The topological polar surface area (TPSA) is 105 Å². The van der Waals surface area contributed by atoms with Crippen molar-refractivity contribution in [2.45, 2.75) is 13.5 Å². The molecule has 1 heterocycles. The lowest BCUT2D eigenvalue weighted by Gasteiger charge is -2.06. The molecule has 3 aromatic rings. The molecule has 138 valence electrons. The molecule has 0 bridgehead atoms. The summed E-state index contributed by atoms with van der Waals surface area (Å²) < 4.78 is 15.9. The molecule has 1 aromatic heterocycles. The van der Waals surface area contributed by atoms with Crippen molar-refractivity contribution in [2.24, 2.45) is 0 Å². The van der Waals surface area contributed by atoms with E-state index in [1.807, 2.05) is 30.3 Å². The van der Waals surface area contributed by atoms with E-state index in [-0.39, 0.29) is 18.0 Å². The summed E-state index contributed by atoms with van der Waals surface area (Å²) in [6.07, 6.45) is 0. The highest BCUT2D eigenvalue weighted by Gasteiger charge is 2.17. The molecule has 0 N–H and O–H groups in total. The second kappa shape index (κ2) is 8.13. The highest BCUT2D eigenvalue weighted by Crippen LogP contribution is 2.26. The van der Waals surface area contributed by atoms with Crippen LogP contribution in [-0.2, 0) is 16.1 Å². The van der Waals surface area contributed by atoms with Gasteiger partial charge in [-0.25, -0.2) is 9.78 Å². The molecule has 8 nitrogen and oxygen atoms in total. The van der Waals surface area contributed by atoms with Crippen molar-refractivity contribution in [3.8, 4) is 17.2 Å². The number of benzene rings is 2. The minimum Gasteiger partial charge on any atom is -0.475 e. The Kier molecular flexibility index (Phi) is 5.46. The Labute approximate surface area is 154 Å². The van der Waals surface area contributed by atoms with Gasteiger partial charge >= 0.3 is 11.7 Å². The fraction of sp³-hybridized carbons (Fsp3) is 0.158. The van der Waals surface area contributed by atoms with Gasteiger partial charge < -0.3 is 13.9 Å². The summed E-state index contributed by atoms with van der Waals surface area (Å²) in [4.78, 5) is 26.6. The SMILES string of the molecule is Cc1oc(-c2ccccc2)nc1COC(=O)COc1ccccc1[N+](=O)[O-]. The number of rotatable bonds is 7. The highest BCUT2D eigenvalue weighted by molar-refractivity contribution is 5.71. The molecule has 0 atom stereocenters. The molecule has 27 heavy (non-hydrogen) atoms. The summed E-state index contributed by atoms with van der Waals surface area (Å²) in [5.41, 5.74) is 1.09. The Morgan fingerprint density at radius 2 is 1.85 bits per heavy atom. The van der Waals surface area contributed by atoms with Crippen molar-refractivity contribution in [1.82, 2.24) is 4.98 Å². The monoisotopic (exact) mass is 368 g/mol. The number of hydrogen-bond donors (Lipinski definition) is 0. The first-order valence-corrected chi connectivity index (χ1v) is 8.08. The lowest BCUT2D eigenvalue weighted by molar-refractivity contribution is -0.385. The number of ether oxygens (including phenoxy) is 2. The van der Waals surface area contributed by atoms with Crippen LogP contribution in [0.3, 0.4) is 0 Å². The third kappa shape index (κ3) is 4.49. The third-order valence-electron chi connectivity index (χ3n) is 3.69. The van der Waals surface area contributed by atoms with E-state index >= 15 is 0 Å². The van der Waals surface area contributed by atoms with E-state index in [1.165, 1.54) is 18.2 Å². The molecule has 0 radical (unpaired) electrons. The predicted octanol–water partition coefficient (Wildman–Crippen LogP) is 3.68. The zero-order valence-corrected chi connectivity index (χ0v) is 14.5. The standard InChI is InChI=1S/C19H16N2O6/c1-13-15(20-19(27-13)14-7-3-2-4-8-14)11-26-18(22)12-25-17-10-6-5-9-16(17)21(23)24/h2-10H,11-12H2,1H3. The van der Waals surface area contributed by atoms with E-state index in [1.54, 1.807) is 13.0 Å². The lowest BCUT2D eigenvalue weighted by Crippen LogP contribution is -2.15. The van der Waals surface area contributed by atoms with Crippen LogP contribution in [0.25, 0.3) is 11.5 Å². The number of oxazole rings is 1. The molecule has 0 aliphatic rings. The smallest absolute Gasteiger partial charge is 0.344 e. The van der Waals surface area contributed by atoms with Gasteiger partial charge in [0.2, 0.25) is 5.89 Å². The Bertz CT molecular complexity index is 952. The second-order valence-corrected chi connectivity index (χ2v) is 5.56. The summed E-state index contributed by atoms with van der Waals surface area (Å²) in [6, 6.07) is 15.2. The number of nitro groups is 1. The van der Waals surface area contributed by atoms with E-state index < -0.39 is 17.5 Å². The van der Waals surface area contributed by atoms with Crippen LogP contribution in [0.15, 0.2) is 59.0 Å². The number of nitro benzene ring substituents is 1. The Morgan fingerprint density at radius 1 is 1.15 bits per heavy atom. The van der Waals surface area contributed by atoms with Crippen LogP contribution in [0.5, 0.6) is 5.75 Å². The number of hydrogen-bond acceptors (Lipinski definition) is 7. The highest BCUT2D eigenvalue weighted by atomic mass is 16.6. The van der Waals surface area contributed by atoms with Crippen LogP contribution in [0.4, 0.5) is 5.69 Å². The van der Waals surface area contributed by atoms with E-state index in [9.17, 15) is 14.9 Å². The van der Waals surface area contributed by atoms with Gasteiger partial charge in [-0.05, 0) is 25.1 Å². The van der Waals surface area contributed by atoms with Crippen LogP contribution in [0, 0.1) is 17.0 Å². The zero-order valence-electron chi connectivity index (χ0n) is 14.5. The first-order valence-electron chi connectivity index (χ1n) is 8.08. The van der Waals surface area contributed by atoms with Crippen LogP contribution in [-0.4, -0.2) is 22.5 Å². The lowest BCUT2D eigenvalue weighted by atomic mass is 10.2. The third-order valence-corrected chi connectivity index (χ3v) is 3.69. The quantitative estimate of drug-likeness (QED) is 0.356. The summed E-state index contributed by atoms with van der Waals surface area (Å²) in [5, 5.41) is 10.9. The normalized spacial score (nSPS) is 10.4. The fourth-order valence-corrected chi connectivity index (χ4v) is 2.32. The van der Waals surface area contributed by atoms with Gasteiger partial charge in [0.25, 0.3) is 0 Å². The maximum atomic E-state index is 11.9. The van der Waals surface area contributed by atoms with E-state index in [2.05, 4.69) is 4.98 Å². The number of aryl methyl sites for hydroxylation is 1. The first-order chi connectivity index (χ1) is 13.0. The Morgan fingerprint density at radius 3 is 2.59 bits per heavy atom. The Hall–Kier alpha value is -3.68. The Balaban J connectivity index is 1.57. The van der Waals surface area contributed by atoms with Gasteiger partial charge in [0.05, 0.1) is 4.92 Å². The average molecular weight is 368 g/mol. The predicted molar refractivity (Wildman–Crippen MR) is 95.1 cm³/mol. The number of para-hydroxylation sites is 2. The average Bonchev–Trinajstić information content (AvgIpc) is 3.06. The molecule has 0 aliphatic carbocycles. The minimum atomic E-state index is -0.670. The molecule has 0 saturated heterocycles. The van der Waals surface area contributed by atoms with Crippen molar-refractivity contribution < 1.29 is 23.6 Å². The molecular weight excluding hydrogens is 352 g/mol. The second-order valence-electron chi connectivity index (χ2n) is 5.56. The van der Waals surface area contributed by atoms with Crippen LogP contribution in [0.1, 0.15) is 11.5 Å². The summed E-state index contributed by atoms with van der Waals surface area (Å²) in [7, 11) is 0. The fourth-order valence-electron chi connectivity index (χ4n) is 2.32. The van der Waals surface area contributed by atoms with E-state index in [4.69, 9.17) is 13.9 Å². The van der Waals surface area contributed by atoms with Gasteiger partial charge in [-0.1, -0.05) is 30.3 Å². The summed E-state index contributed by atoms with van der Waals surface area (Å²) >= 11 is 0. The van der Waals surface area contributed by atoms with Crippen molar-refractivity contribution in [3.05, 3.63) is 76.2 Å². The number of nitrogens with zero attached hydrogens (tertiary/aromatic N) is 2. The minimum absolute atomic E-state index is 0.00318. The zero-order chi connectivity index (χ0) is 19.2. The van der Waals surface area contributed by atoms with Crippen LogP contribution in [0.2, 0.25) is 0 Å². The van der Waals surface area contributed by atoms with Gasteiger partial charge in [-0.2, -0.15) is 0 Å². The van der Waals surface area contributed by atoms with Crippen LogP contribution >= 0.6 is 0 Å². The van der Waals surface area contributed by atoms with Gasteiger partial charge in [0.15, 0.2) is 12.4 Å². The molecule has 0 fully saturated rings. The van der Waals surface area contributed by atoms with E-state index in [0.717, 1.165) is 5.56 Å². The molecule has 0 unspecified atom stereocenters. The molecule has 3 rings (SSSR count). The molecule has 0 saturated carbocycles. The van der Waals surface area contributed by atoms with Crippen molar-refractivity contribution in [1.29, 1.82) is 0 Å². The molecule has 0 aliphatic heterocycles. The molecule has 8 heteroatoms. The number of esters is 1. The number of aromatic nitrogens is 1. The molecule has 0 spiro atoms. The van der Waals surface area contributed by atoms with Crippen molar-refractivity contribution in [3.63, 3.8) is 0 Å². The van der Waals surface area contributed by atoms with Gasteiger partial charge in [0, 0.05) is 11.6 Å². The summed E-state index contributed by atoms with van der Waals surface area (Å²) in [5.74, 6) is 0.317. The maximum Gasteiger partial charge on any atom is 0.344 e. The van der Waals surface area contributed by atoms with Gasteiger partial charge in [-0.15, -0.1) is 0 Å². The van der Waals surface area contributed by atoms with Gasteiger partial charge in [-0.3, -0.25) is 10.1 Å². The summed E-state index contributed by atoms with van der Waals surface area (Å²) in [6.45, 7) is 1.20. The van der Waals surface area contributed by atoms with Crippen molar-refractivity contribution >= 4 is 11.7 Å². The van der Waals surface area contributed by atoms with Gasteiger partial charge in [0.1, 0.15) is 18.1 Å². The first kappa shape index (κ1) is 18.1. The molecular formula is C19H16N2O6. The molecule has 2 aromatic carbocycles. The van der Waals surface area contributed by atoms with Crippen LogP contribution < -0.4 is 4.74 Å².